The largest absolute Gasteiger partial charge is 0.361 e. The number of aromatic nitrogens is 4. The maximum Gasteiger partial charge on any atom is 0.224 e. The van der Waals surface area contributed by atoms with E-state index in [1.807, 2.05) is 6.92 Å². The highest BCUT2D eigenvalue weighted by Gasteiger charge is 2.06. The minimum Gasteiger partial charge on any atom is -0.361 e. The normalized spacial score (nSPS) is 10.2. The number of hydrogen-bond acceptors (Lipinski definition) is 7. The molecule has 7 nitrogen and oxygen atoms in total. The van der Waals surface area contributed by atoms with Gasteiger partial charge in [0.25, 0.3) is 0 Å². The fourth-order valence-corrected chi connectivity index (χ4v) is 1.33. The van der Waals surface area contributed by atoms with Crippen molar-refractivity contribution >= 4 is 23.4 Å². The summed E-state index contributed by atoms with van der Waals surface area (Å²) in [4.78, 5) is 12.1. The highest BCUT2D eigenvalue weighted by molar-refractivity contribution is 6.32. The van der Waals surface area contributed by atoms with E-state index in [0.717, 1.165) is 6.54 Å². The van der Waals surface area contributed by atoms with Crippen LogP contribution >= 0.6 is 11.6 Å². The van der Waals surface area contributed by atoms with Crippen molar-refractivity contribution in [3.63, 3.8) is 0 Å². The van der Waals surface area contributed by atoms with Crippen molar-refractivity contribution in [1.82, 2.24) is 20.1 Å². The van der Waals surface area contributed by atoms with Gasteiger partial charge in [-0.15, -0.1) is 0 Å². The summed E-state index contributed by atoms with van der Waals surface area (Å²) in [7, 11) is 0. The summed E-state index contributed by atoms with van der Waals surface area (Å²) >= 11 is 5.96. The smallest absolute Gasteiger partial charge is 0.224 e. The number of nitrogens with zero attached hydrogens (tertiary/aromatic N) is 4. The number of halogens is 1. The molecule has 2 rings (SSSR count). The van der Waals surface area contributed by atoms with Crippen molar-refractivity contribution in [2.75, 3.05) is 17.2 Å². The minimum absolute atomic E-state index is 0.388. The molecular weight excluding hydrogens is 244 g/mol. The Morgan fingerprint density at radius 2 is 2.24 bits per heavy atom. The first kappa shape index (κ1) is 11.6. The van der Waals surface area contributed by atoms with Crippen LogP contribution in [0.4, 0.5) is 11.8 Å². The maximum atomic E-state index is 5.96. The van der Waals surface area contributed by atoms with Gasteiger partial charge in [-0.05, 0) is 6.92 Å². The van der Waals surface area contributed by atoms with Gasteiger partial charge in [0, 0.05) is 6.54 Å². The zero-order valence-corrected chi connectivity index (χ0v) is 9.90. The lowest BCUT2D eigenvalue weighted by Gasteiger charge is -2.07. The molecule has 0 unspecified atom stereocenters. The molecule has 2 heterocycles. The maximum absolute atomic E-state index is 5.96. The molecule has 2 aromatic rings. The molecule has 0 atom stereocenters. The molecule has 0 bridgehead atoms. The van der Waals surface area contributed by atoms with Crippen molar-refractivity contribution in [3.8, 4) is 0 Å². The summed E-state index contributed by atoms with van der Waals surface area (Å²) in [6.07, 6.45) is 2.80. The van der Waals surface area contributed by atoms with E-state index in [1.165, 1.54) is 12.6 Å². The molecule has 0 saturated heterocycles. The summed E-state index contributed by atoms with van der Waals surface area (Å²) in [5.74, 6) is 1.58. The van der Waals surface area contributed by atoms with Crippen LogP contribution < -0.4 is 10.6 Å². The molecule has 0 aliphatic heterocycles. The van der Waals surface area contributed by atoms with Crippen LogP contribution in [0, 0.1) is 0 Å². The Labute approximate surface area is 103 Å². The molecule has 90 valence electrons. The molecule has 2 N–H and O–H groups in total. The molecule has 0 saturated carbocycles. The standard InChI is InChI=1S/C9H11ClN6O/c1-2-11-9-13-3-6(10)8(15-9)12-4-7-14-5-17-16-7/h3,5H,2,4H2,1H3,(H2,11,12,13,15). The van der Waals surface area contributed by atoms with Gasteiger partial charge in [0.15, 0.2) is 11.6 Å². The van der Waals surface area contributed by atoms with Gasteiger partial charge in [-0.3, -0.25) is 0 Å². The molecule has 8 heteroatoms. The SMILES string of the molecule is CCNc1ncc(Cl)c(NCc2ncon2)n1. The molecule has 0 spiro atoms. The second kappa shape index (κ2) is 5.44. The Kier molecular flexibility index (Phi) is 3.71. The first-order valence-electron chi connectivity index (χ1n) is 5.05. The van der Waals surface area contributed by atoms with Gasteiger partial charge in [-0.1, -0.05) is 16.8 Å². The van der Waals surface area contributed by atoms with Crippen LogP contribution in [0.3, 0.4) is 0 Å². The third-order valence-corrected chi connectivity index (χ3v) is 2.18. The van der Waals surface area contributed by atoms with Crippen molar-refractivity contribution in [2.24, 2.45) is 0 Å². The monoisotopic (exact) mass is 254 g/mol. The highest BCUT2D eigenvalue weighted by Crippen LogP contribution is 2.19. The summed E-state index contributed by atoms with van der Waals surface area (Å²) < 4.78 is 4.62. The fourth-order valence-electron chi connectivity index (χ4n) is 1.17. The average molecular weight is 255 g/mol. The first-order valence-corrected chi connectivity index (χ1v) is 5.43. The first-order chi connectivity index (χ1) is 8.29. The van der Waals surface area contributed by atoms with Gasteiger partial charge in [0.1, 0.15) is 5.02 Å². The highest BCUT2D eigenvalue weighted by atomic mass is 35.5. The third-order valence-electron chi connectivity index (χ3n) is 1.90. The van der Waals surface area contributed by atoms with Crippen molar-refractivity contribution in [3.05, 3.63) is 23.4 Å². The van der Waals surface area contributed by atoms with Gasteiger partial charge >= 0.3 is 0 Å². The Balaban J connectivity index is 2.06. The summed E-state index contributed by atoms with van der Waals surface area (Å²) in [6.45, 7) is 3.09. The quantitative estimate of drug-likeness (QED) is 0.837. The summed E-state index contributed by atoms with van der Waals surface area (Å²) in [5, 5.41) is 10.1. The molecule has 0 aliphatic rings. The van der Waals surface area contributed by atoms with E-state index in [1.54, 1.807) is 0 Å². The molecule has 0 fully saturated rings. The number of hydrogen-bond donors (Lipinski definition) is 2. The van der Waals surface area contributed by atoms with Crippen LogP contribution in [-0.2, 0) is 6.54 Å². The van der Waals surface area contributed by atoms with Gasteiger partial charge in [0.05, 0.1) is 12.7 Å². The fraction of sp³-hybridized carbons (Fsp3) is 0.333. The van der Waals surface area contributed by atoms with E-state index in [4.69, 9.17) is 11.6 Å². The Morgan fingerprint density at radius 1 is 1.35 bits per heavy atom. The van der Waals surface area contributed by atoms with Gasteiger partial charge in [0.2, 0.25) is 12.3 Å². The molecule has 17 heavy (non-hydrogen) atoms. The number of rotatable bonds is 5. The van der Waals surface area contributed by atoms with Crippen LogP contribution in [0.15, 0.2) is 17.1 Å². The van der Waals surface area contributed by atoms with Crippen LogP contribution in [0.25, 0.3) is 0 Å². The van der Waals surface area contributed by atoms with Crippen LogP contribution in [0.2, 0.25) is 5.02 Å². The van der Waals surface area contributed by atoms with Gasteiger partial charge in [-0.2, -0.15) is 9.97 Å². The second-order valence-electron chi connectivity index (χ2n) is 3.12. The molecule has 0 aliphatic carbocycles. The molecule has 0 radical (unpaired) electrons. The Bertz CT molecular complexity index is 474. The molecule has 0 aromatic carbocycles. The zero-order valence-electron chi connectivity index (χ0n) is 9.14. The van der Waals surface area contributed by atoms with Crippen molar-refractivity contribution < 1.29 is 4.52 Å². The van der Waals surface area contributed by atoms with E-state index in [0.29, 0.717) is 29.2 Å². The van der Waals surface area contributed by atoms with Crippen molar-refractivity contribution in [2.45, 2.75) is 13.5 Å². The lowest BCUT2D eigenvalue weighted by molar-refractivity contribution is 0.411. The van der Waals surface area contributed by atoms with E-state index in [9.17, 15) is 0 Å². The van der Waals surface area contributed by atoms with Crippen LogP contribution in [-0.4, -0.2) is 26.7 Å². The minimum atomic E-state index is 0.388. The second-order valence-corrected chi connectivity index (χ2v) is 3.53. The topological polar surface area (TPSA) is 88.8 Å². The van der Waals surface area contributed by atoms with E-state index in [2.05, 4.69) is 35.3 Å². The van der Waals surface area contributed by atoms with E-state index < -0.39 is 0 Å². The van der Waals surface area contributed by atoms with Crippen molar-refractivity contribution in [1.29, 1.82) is 0 Å². The molecule has 0 amide bonds. The van der Waals surface area contributed by atoms with Crippen LogP contribution in [0.5, 0.6) is 0 Å². The number of anilines is 2. The van der Waals surface area contributed by atoms with E-state index >= 15 is 0 Å². The van der Waals surface area contributed by atoms with E-state index in [-0.39, 0.29) is 0 Å². The molecule has 2 aromatic heterocycles. The predicted molar refractivity (Wildman–Crippen MR) is 62.8 cm³/mol. The third kappa shape index (κ3) is 3.04. The lowest BCUT2D eigenvalue weighted by atomic mass is 10.5. The predicted octanol–water partition coefficient (Wildman–Crippen LogP) is 1.56. The average Bonchev–Trinajstić information content (AvgIpc) is 2.83. The Morgan fingerprint density at radius 3 is 2.94 bits per heavy atom. The summed E-state index contributed by atoms with van der Waals surface area (Å²) in [6, 6.07) is 0. The summed E-state index contributed by atoms with van der Waals surface area (Å²) in [5.41, 5.74) is 0. The molecular formula is C9H11ClN6O. The number of nitrogens with one attached hydrogen (secondary N) is 2. The zero-order chi connectivity index (χ0) is 12.1. The lowest BCUT2D eigenvalue weighted by Crippen LogP contribution is -2.07. The van der Waals surface area contributed by atoms with Gasteiger partial charge < -0.3 is 15.2 Å². The van der Waals surface area contributed by atoms with Crippen LogP contribution in [0.1, 0.15) is 12.7 Å². The Hall–Kier alpha value is -1.89. The van der Waals surface area contributed by atoms with Gasteiger partial charge in [-0.25, -0.2) is 4.98 Å².